The summed E-state index contributed by atoms with van der Waals surface area (Å²) in [5.41, 5.74) is 0. The Kier molecular flexibility index (Phi) is 2.93. The van der Waals surface area contributed by atoms with Crippen LogP contribution in [0.15, 0.2) is 0 Å². The fourth-order valence-corrected chi connectivity index (χ4v) is 2.69. The quantitative estimate of drug-likeness (QED) is 0.764. The van der Waals surface area contributed by atoms with Crippen molar-refractivity contribution < 1.29 is 14.7 Å². The van der Waals surface area contributed by atoms with E-state index in [1.54, 1.807) is 4.90 Å². The van der Waals surface area contributed by atoms with Crippen molar-refractivity contribution >= 4 is 11.9 Å². The van der Waals surface area contributed by atoms with Crippen molar-refractivity contribution in [1.29, 1.82) is 0 Å². The number of rotatable bonds is 3. The fourth-order valence-electron chi connectivity index (χ4n) is 2.69. The Balaban J connectivity index is 1.97. The standard InChI is InChI=1S/C11H17NO3/c13-10-6-5-9(11(14)15)12(10)7-8-3-1-2-4-8/h8-9H,1-7H2,(H,14,15). The van der Waals surface area contributed by atoms with Gasteiger partial charge in [-0.1, -0.05) is 12.8 Å². The molecule has 1 atom stereocenters. The lowest BCUT2D eigenvalue weighted by Gasteiger charge is -2.24. The minimum absolute atomic E-state index is 0.0225. The SMILES string of the molecule is O=C(O)C1CCC(=O)N1CC1CCCC1. The highest BCUT2D eigenvalue weighted by molar-refractivity contribution is 5.87. The molecule has 1 N–H and O–H groups in total. The van der Waals surface area contributed by atoms with Crippen molar-refractivity contribution in [1.82, 2.24) is 4.90 Å². The van der Waals surface area contributed by atoms with Crippen LogP contribution in [0.1, 0.15) is 38.5 Å². The third kappa shape index (κ3) is 2.13. The molecule has 4 nitrogen and oxygen atoms in total. The van der Waals surface area contributed by atoms with E-state index in [0.717, 1.165) is 12.8 Å². The van der Waals surface area contributed by atoms with Gasteiger partial charge in [-0.25, -0.2) is 4.79 Å². The molecule has 1 heterocycles. The van der Waals surface area contributed by atoms with Crippen molar-refractivity contribution in [3.63, 3.8) is 0 Å². The molecule has 1 unspecified atom stereocenters. The number of carboxylic acid groups (broad SMARTS) is 1. The predicted octanol–water partition coefficient (Wildman–Crippen LogP) is 1.25. The van der Waals surface area contributed by atoms with Crippen molar-refractivity contribution in [2.45, 2.75) is 44.6 Å². The molecule has 2 rings (SSSR count). The monoisotopic (exact) mass is 211 g/mol. The summed E-state index contributed by atoms with van der Waals surface area (Å²) >= 11 is 0. The smallest absolute Gasteiger partial charge is 0.326 e. The first-order valence-corrected chi connectivity index (χ1v) is 5.71. The Bertz CT molecular complexity index is 271. The molecule has 0 bridgehead atoms. The second-order valence-electron chi connectivity index (χ2n) is 4.59. The van der Waals surface area contributed by atoms with Gasteiger partial charge in [0, 0.05) is 13.0 Å². The number of carboxylic acids is 1. The van der Waals surface area contributed by atoms with E-state index in [2.05, 4.69) is 0 Å². The van der Waals surface area contributed by atoms with E-state index in [-0.39, 0.29) is 5.91 Å². The maximum absolute atomic E-state index is 11.5. The first kappa shape index (κ1) is 10.5. The lowest BCUT2D eigenvalue weighted by atomic mass is 10.1. The van der Waals surface area contributed by atoms with Crippen molar-refractivity contribution in [3.8, 4) is 0 Å². The minimum Gasteiger partial charge on any atom is -0.480 e. The van der Waals surface area contributed by atoms with Gasteiger partial charge in [-0.15, -0.1) is 0 Å². The Labute approximate surface area is 89.3 Å². The largest absolute Gasteiger partial charge is 0.480 e. The highest BCUT2D eigenvalue weighted by atomic mass is 16.4. The average Bonchev–Trinajstić information content (AvgIpc) is 2.78. The molecule has 0 aromatic rings. The molecule has 0 aromatic heterocycles. The number of aliphatic carboxylic acids is 1. The van der Waals surface area contributed by atoms with Crippen LogP contribution in [0.25, 0.3) is 0 Å². The molecule has 0 aromatic carbocycles. The topological polar surface area (TPSA) is 57.6 Å². The summed E-state index contributed by atoms with van der Waals surface area (Å²) in [6.45, 7) is 0.663. The number of carbonyl (C=O) groups excluding carboxylic acids is 1. The number of amides is 1. The summed E-state index contributed by atoms with van der Waals surface area (Å²) in [5.74, 6) is -0.290. The third-order valence-corrected chi connectivity index (χ3v) is 3.54. The summed E-state index contributed by atoms with van der Waals surface area (Å²) in [6, 6.07) is -0.557. The first-order chi connectivity index (χ1) is 7.18. The Morgan fingerprint density at radius 2 is 2.00 bits per heavy atom. The van der Waals surface area contributed by atoms with Crippen LogP contribution in [0.2, 0.25) is 0 Å². The van der Waals surface area contributed by atoms with Gasteiger partial charge in [0.2, 0.25) is 5.91 Å². The Hall–Kier alpha value is -1.06. The Morgan fingerprint density at radius 1 is 1.33 bits per heavy atom. The molecule has 1 saturated carbocycles. The molecule has 2 aliphatic rings. The van der Waals surface area contributed by atoms with Gasteiger partial charge in [-0.05, 0) is 25.2 Å². The highest BCUT2D eigenvalue weighted by Gasteiger charge is 2.37. The number of likely N-dealkylation sites (tertiary alicyclic amines) is 1. The summed E-state index contributed by atoms with van der Waals surface area (Å²) in [6.07, 6.45) is 5.64. The second-order valence-corrected chi connectivity index (χ2v) is 4.59. The van der Waals surface area contributed by atoms with Crippen LogP contribution >= 0.6 is 0 Å². The van der Waals surface area contributed by atoms with E-state index in [1.807, 2.05) is 0 Å². The summed E-state index contributed by atoms with van der Waals surface area (Å²) in [4.78, 5) is 24.1. The van der Waals surface area contributed by atoms with Gasteiger partial charge in [0.25, 0.3) is 0 Å². The van der Waals surface area contributed by atoms with Gasteiger partial charge in [0.15, 0.2) is 0 Å². The molecular weight excluding hydrogens is 194 g/mol. The molecule has 1 aliphatic carbocycles. The average molecular weight is 211 g/mol. The minimum atomic E-state index is -0.848. The zero-order valence-electron chi connectivity index (χ0n) is 8.82. The third-order valence-electron chi connectivity index (χ3n) is 3.54. The lowest BCUT2D eigenvalue weighted by Crippen LogP contribution is -2.41. The van der Waals surface area contributed by atoms with Crippen LogP contribution in [-0.2, 0) is 9.59 Å². The summed E-state index contributed by atoms with van der Waals surface area (Å²) < 4.78 is 0. The van der Waals surface area contributed by atoms with Crippen molar-refractivity contribution in [2.24, 2.45) is 5.92 Å². The van der Waals surface area contributed by atoms with Crippen LogP contribution in [0.5, 0.6) is 0 Å². The molecular formula is C11H17NO3. The molecule has 84 valence electrons. The normalized spacial score (nSPS) is 27.6. The van der Waals surface area contributed by atoms with Gasteiger partial charge in [-0.2, -0.15) is 0 Å². The summed E-state index contributed by atoms with van der Waals surface area (Å²) in [5, 5.41) is 8.98. The molecule has 1 saturated heterocycles. The first-order valence-electron chi connectivity index (χ1n) is 5.71. The number of hydrogen-bond donors (Lipinski definition) is 1. The summed E-state index contributed by atoms with van der Waals surface area (Å²) in [7, 11) is 0. The predicted molar refractivity (Wildman–Crippen MR) is 54.3 cm³/mol. The van der Waals surface area contributed by atoms with E-state index < -0.39 is 12.0 Å². The number of carbonyl (C=O) groups is 2. The molecule has 15 heavy (non-hydrogen) atoms. The molecule has 1 aliphatic heterocycles. The molecule has 0 radical (unpaired) electrons. The van der Waals surface area contributed by atoms with Crippen molar-refractivity contribution in [3.05, 3.63) is 0 Å². The van der Waals surface area contributed by atoms with Gasteiger partial charge in [0.1, 0.15) is 6.04 Å². The maximum Gasteiger partial charge on any atom is 0.326 e. The van der Waals surface area contributed by atoms with Crippen molar-refractivity contribution in [2.75, 3.05) is 6.54 Å². The van der Waals surface area contributed by atoms with Gasteiger partial charge >= 0.3 is 5.97 Å². The lowest BCUT2D eigenvalue weighted by molar-refractivity contribution is -0.146. The van der Waals surface area contributed by atoms with Gasteiger partial charge in [-0.3, -0.25) is 4.79 Å². The number of hydrogen-bond acceptors (Lipinski definition) is 2. The van der Waals surface area contributed by atoms with E-state index in [4.69, 9.17) is 5.11 Å². The van der Waals surface area contributed by atoms with Gasteiger partial charge in [0.05, 0.1) is 0 Å². The van der Waals surface area contributed by atoms with Crippen LogP contribution in [-0.4, -0.2) is 34.5 Å². The highest BCUT2D eigenvalue weighted by Crippen LogP contribution is 2.28. The molecule has 4 heteroatoms. The Morgan fingerprint density at radius 3 is 2.60 bits per heavy atom. The zero-order valence-corrected chi connectivity index (χ0v) is 8.82. The molecule has 2 fully saturated rings. The van der Waals surface area contributed by atoms with E-state index in [1.165, 1.54) is 12.8 Å². The maximum atomic E-state index is 11.5. The van der Waals surface area contributed by atoms with Gasteiger partial charge < -0.3 is 10.0 Å². The van der Waals surface area contributed by atoms with Crippen LogP contribution in [0.4, 0.5) is 0 Å². The number of nitrogens with zero attached hydrogens (tertiary/aromatic N) is 1. The van der Waals surface area contributed by atoms with Crippen LogP contribution in [0.3, 0.4) is 0 Å². The van der Waals surface area contributed by atoms with Crippen LogP contribution in [0, 0.1) is 5.92 Å². The molecule has 1 amide bonds. The second kappa shape index (κ2) is 4.21. The molecule has 0 spiro atoms. The zero-order chi connectivity index (χ0) is 10.8. The van der Waals surface area contributed by atoms with Crippen LogP contribution < -0.4 is 0 Å². The van der Waals surface area contributed by atoms with E-state index in [9.17, 15) is 9.59 Å². The van der Waals surface area contributed by atoms with E-state index in [0.29, 0.717) is 25.3 Å². The fraction of sp³-hybridized carbons (Fsp3) is 0.818. The van der Waals surface area contributed by atoms with E-state index >= 15 is 0 Å².